The fourth-order valence-corrected chi connectivity index (χ4v) is 3.40. The first-order valence-electron chi connectivity index (χ1n) is 7.00. The molecule has 26 heavy (non-hydrogen) atoms. The van der Waals surface area contributed by atoms with Crippen LogP contribution >= 0.6 is 11.3 Å². The zero-order valence-electron chi connectivity index (χ0n) is 12.7. The summed E-state index contributed by atoms with van der Waals surface area (Å²) >= 11 is 0.826. The Morgan fingerprint density at radius 1 is 1.15 bits per heavy atom. The molecule has 0 unspecified atom stereocenters. The normalized spacial score (nSPS) is 11.7. The highest BCUT2D eigenvalue weighted by Crippen LogP contribution is 2.34. The molecule has 2 heterocycles. The summed E-state index contributed by atoms with van der Waals surface area (Å²) in [6, 6.07) is 4.68. The van der Waals surface area contributed by atoms with Crippen LogP contribution in [0.2, 0.25) is 0 Å². The average Bonchev–Trinajstić information content (AvgIpc) is 2.88. The molecule has 0 radical (unpaired) electrons. The predicted molar refractivity (Wildman–Crippen MR) is 88.7 cm³/mol. The standard InChI is InChI=1S/C16H9F3N2O4S/c17-16(18,19)7-3-1-6(2-4-7)11(22)12-10(20)8-5-9(15(24)25)13(23)21-14(8)26-12/h1-5H,20H2,(H,21,23)(H,24,25). The number of pyridine rings is 1. The summed E-state index contributed by atoms with van der Waals surface area (Å²) in [7, 11) is 0. The van der Waals surface area contributed by atoms with Gasteiger partial charge in [0.05, 0.1) is 11.3 Å². The fraction of sp³-hybridized carbons (Fsp3) is 0.0625. The van der Waals surface area contributed by atoms with E-state index < -0.39 is 34.6 Å². The maximum Gasteiger partial charge on any atom is 0.416 e. The number of nitrogens with one attached hydrogen (secondary N) is 1. The van der Waals surface area contributed by atoms with Crippen molar-refractivity contribution in [3.8, 4) is 0 Å². The van der Waals surface area contributed by atoms with E-state index in [0.29, 0.717) is 0 Å². The molecule has 0 atom stereocenters. The number of carbonyl (C=O) groups is 2. The van der Waals surface area contributed by atoms with Crippen molar-refractivity contribution in [2.45, 2.75) is 6.18 Å². The van der Waals surface area contributed by atoms with E-state index in [0.717, 1.165) is 41.7 Å². The van der Waals surface area contributed by atoms with Crippen molar-refractivity contribution in [2.24, 2.45) is 0 Å². The molecule has 10 heteroatoms. The monoisotopic (exact) mass is 382 g/mol. The summed E-state index contributed by atoms with van der Waals surface area (Å²) in [5, 5.41) is 9.17. The Morgan fingerprint density at radius 2 is 1.77 bits per heavy atom. The molecule has 0 spiro atoms. The Bertz CT molecular complexity index is 1100. The van der Waals surface area contributed by atoms with E-state index in [-0.39, 0.29) is 26.3 Å². The summed E-state index contributed by atoms with van der Waals surface area (Å²) < 4.78 is 37.8. The van der Waals surface area contributed by atoms with Crippen LogP contribution in [0.3, 0.4) is 0 Å². The largest absolute Gasteiger partial charge is 0.477 e. The summed E-state index contributed by atoms with van der Waals surface area (Å²) in [5.41, 5.74) is 3.55. The van der Waals surface area contributed by atoms with Crippen LogP contribution in [0.1, 0.15) is 31.2 Å². The molecular weight excluding hydrogens is 373 g/mol. The number of benzene rings is 1. The SMILES string of the molecule is Nc1c(C(=O)c2ccc(C(F)(F)F)cc2)sc2[nH]c(=O)c(C(=O)O)cc12. The van der Waals surface area contributed by atoms with Crippen molar-refractivity contribution < 1.29 is 27.9 Å². The van der Waals surface area contributed by atoms with Gasteiger partial charge in [-0.3, -0.25) is 9.59 Å². The van der Waals surface area contributed by atoms with E-state index in [4.69, 9.17) is 10.8 Å². The van der Waals surface area contributed by atoms with Crippen molar-refractivity contribution in [2.75, 3.05) is 5.73 Å². The summed E-state index contributed by atoms with van der Waals surface area (Å²) in [4.78, 5) is 37.8. The highest BCUT2D eigenvalue weighted by atomic mass is 32.1. The number of ketones is 1. The van der Waals surface area contributed by atoms with Crippen molar-refractivity contribution in [1.82, 2.24) is 4.98 Å². The molecule has 0 aliphatic rings. The predicted octanol–water partition coefficient (Wildman–Crippen LogP) is 3.12. The number of carboxylic acids is 1. The maximum absolute atomic E-state index is 12.6. The number of halogens is 3. The number of hydrogen-bond donors (Lipinski definition) is 3. The van der Waals surface area contributed by atoms with Crippen LogP contribution in [0.4, 0.5) is 18.9 Å². The average molecular weight is 382 g/mol. The third-order valence-electron chi connectivity index (χ3n) is 3.65. The van der Waals surface area contributed by atoms with Gasteiger partial charge in [-0.1, -0.05) is 12.1 Å². The second-order valence-electron chi connectivity index (χ2n) is 5.31. The minimum Gasteiger partial charge on any atom is -0.477 e. The van der Waals surface area contributed by atoms with Gasteiger partial charge in [0.1, 0.15) is 15.3 Å². The molecule has 134 valence electrons. The first-order chi connectivity index (χ1) is 12.1. The van der Waals surface area contributed by atoms with Gasteiger partial charge < -0.3 is 15.8 Å². The smallest absolute Gasteiger partial charge is 0.416 e. The molecule has 3 aromatic rings. The fourth-order valence-electron chi connectivity index (χ4n) is 2.34. The Labute approximate surface area is 146 Å². The molecule has 2 aromatic heterocycles. The van der Waals surface area contributed by atoms with Crippen molar-refractivity contribution >= 4 is 39.0 Å². The lowest BCUT2D eigenvalue weighted by molar-refractivity contribution is -0.137. The molecule has 3 rings (SSSR count). The van der Waals surface area contributed by atoms with Crippen molar-refractivity contribution in [1.29, 1.82) is 0 Å². The number of anilines is 1. The molecule has 0 fully saturated rings. The minimum atomic E-state index is -4.52. The number of fused-ring (bicyclic) bond motifs is 1. The highest BCUT2D eigenvalue weighted by molar-refractivity contribution is 7.21. The topological polar surface area (TPSA) is 113 Å². The van der Waals surface area contributed by atoms with E-state index in [9.17, 15) is 27.6 Å². The lowest BCUT2D eigenvalue weighted by Crippen LogP contribution is -2.16. The number of thiophene rings is 1. The number of aromatic carboxylic acids is 1. The lowest BCUT2D eigenvalue weighted by Gasteiger charge is -2.07. The highest BCUT2D eigenvalue weighted by Gasteiger charge is 2.30. The molecule has 0 amide bonds. The first kappa shape index (κ1) is 17.7. The van der Waals surface area contributed by atoms with Crippen LogP contribution in [-0.4, -0.2) is 21.8 Å². The van der Waals surface area contributed by atoms with Crippen molar-refractivity contribution in [3.63, 3.8) is 0 Å². The number of nitrogens with two attached hydrogens (primary N) is 1. The molecule has 0 aliphatic heterocycles. The molecule has 6 nitrogen and oxygen atoms in total. The summed E-state index contributed by atoms with van der Waals surface area (Å²) in [5.74, 6) is -2.08. The zero-order chi connectivity index (χ0) is 19.2. The van der Waals surface area contributed by atoms with Crippen LogP contribution in [0.5, 0.6) is 0 Å². The van der Waals surface area contributed by atoms with Crippen LogP contribution in [0.25, 0.3) is 10.2 Å². The van der Waals surface area contributed by atoms with E-state index in [2.05, 4.69) is 4.98 Å². The first-order valence-corrected chi connectivity index (χ1v) is 7.82. The van der Waals surface area contributed by atoms with Crippen molar-refractivity contribution in [3.05, 3.63) is 62.3 Å². The molecule has 4 N–H and O–H groups in total. The number of rotatable bonds is 3. The van der Waals surface area contributed by atoms with Gasteiger partial charge in [-0.2, -0.15) is 13.2 Å². The summed E-state index contributed by atoms with van der Waals surface area (Å²) in [6.45, 7) is 0. The third kappa shape index (κ3) is 2.94. The van der Waals surface area contributed by atoms with Gasteiger partial charge in [0.2, 0.25) is 5.78 Å². The number of aromatic amines is 1. The van der Waals surface area contributed by atoms with Gasteiger partial charge in [0, 0.05) is 10.9 Å². The van der Waals surface area contributed by atoms with Gasteiger partial charge in [-0.25, -0.2) is 4.79 Å². The van der Waals surface area contributed by atoms with E-state index >= 15 is 0 Å². The van der Waals surface area contributed by atoms with Gasteiger partial charge in [-0.05, 0) is 18.2 Å². The number of aromatic nitrogens is 1. The number of nitrogen functional groups attached to an aromatic ring is 1. The molecule has 0 saturated carbocycles. The van der Waals surface area contributed by atoms with Gasteiger partial charge >= 0.3 is 12.1 Å². The molecule has 0 bridgehead atoms. The number of carbonyl (C=O) groups excluding carboxylic acids is 1. The Morgan fingerprint density at radius 3 is 2.31 bits per heavy atom. The van der Waals surface area contributed by atoms with Gasteiger partial charge in [0.25, 0.3) is 5.56 Å². The quantitative estimate of drug-likeness (QED) is 0.603. The lowest BCUT2D eigenvalue weighted by atomic mass is 10.1. The second-order valence-corrected chi connectivity index (χ2v) is 6.33. The summed E-state index contributed by atoms with van der Waals surface area (Å²) in [6.07, 6.45) is -4.52. The number of H-pyrrole nitrogens is 1. The van der Waals surface area contributed by atoms with Crippen LogP contribution < -0.4 is 11.3 Å². The number of alkyl halides is 3. The minimum absolute atomic E-state index is 0.00190. The molecule has 1 aromatic carbocycles. The Hall–Kier alpha value is -3.14. The Balaban J connectivity index is 2.07. The van der Waals surface area contributed by atoms with Gasteiger partial charge in [0.15, 0.2) is 0 Å². The van der Waals surface area contributed by atoms with E-state index in [1.807, 2.05) is 0 Å². The zero-order valence-corrected chi connectivity index (χ0v) is 13.5. The molecular formula is C16H9F3N2O4S. The molecule has 0 saturated heterocycles. The van der Waals surface area contributed by atoms with E-state index in [1.165, 1.54) is 0 Å². The van der Waals surface area contributed by atoms with Crippen LogP contribution in [0, 0.1) is 0 Å². The Kier molecular flexibility index (Phi) is 4.07. The second kappa shape index (κ2) is 5.99. The molecule has 0 aliphatic carbocycles. The van der Waals surface area contributed by atoms with E-state index in [1.54, 1.807) is 0 Å². The van der Waals surface area contributed by atoms with Crippen LogP contribution in [-0.2, 0) is 6.18 Å². The third-order valence-corrected chi connectivity index (χ3v) is 4.79. The van der Waals surface area contributed by atoms with Gasteiger partial charge in [-0.15, -0.1) is 11.3 Å². The van der Waals surface area contributed by atoms with Crippen LogP contribution in [0.15, 0.2) is 35.1 Å². The number of carboxylic acid groups (broad SMARTS) is 1. The maximum atomic E-state index is 12.6. The number of hydrogen-bond acceptors (Lipinski definition) is 5.